The summed E-state index contributed by atoms with van der Waals surface area (Å²) >= 11 is 0. The van der Waals surface area contributed by atoms with E-state index in [0.717, 1.165) is 48.5 Å². The lowest BCUT2D eigenvalue weighted by molar-refractivity contribution is -0.167. The molecule has 2 N–H and O–H groups in total. The Labute approximate surface area is 159 Å². The summed E-state index contributed by atoms with van der Waals surface area (Å²) in [7, 11) is -4.16. The lowest BCUT2D eigenvalue weighted by atomic mass is 10.3. The molecule has 156 valence electrons. The Balaban J connectivity index is 2.18. The lowest BCUT2D eigenvalue weighted by Gasteiger charge is -2.10. The van der Waals surface area contributed by atoms with E-state index in [-0.39, 0.29) is 21.2 Å². The Bertz CT molecular complexity index is 936. The summed E-state index contributed by atoms with van der Waals surface area (Å²) in [5.74, 6) is -4.46. The van der Waals surface area contributed by atoms with Crippen molar-refractivity contribution >= 4 is 33.0 Å². The Morgan fingerprint density at radius 1 is 0.621 bits per heavy atom. The summed E-state index contributed by atoms with van der Waals surface area (Å²) in [4.78, 5) is 21.0. The van der Waals surface area contributed by atoms with Gasteiger partial charge in [-0.15, -0.1) is 0 Å². The second kappa shape index (κ2) is 7.73. The number of nitrogens with one attached hydrogen (secondary N) is 2. The molecule has 0 saturated carbocycles. The number of benzene rings is 2. The van der Waals surface area contributed by atoms with E-state index in [1.165, 1.54) is 0 Å². The molecule has 0 spiro atoms. The second-order valence-electron chi connectivity index (χ2n) is 5.46. The number of carbonyl (C=O) groups is 2. The number of alkyl halides is 6. The summed E-state index contributed by atoms with van der Waals surface area (Å²) in [6.45, 7) is 0. The van der Waals surface area contributed by atoms with Gasteiger partial charge in [0, 0.05) is 11.4 Å². The van der Waals surface area contributed by atoms with Crippen LogP contribution in [0.15, 0.2) is 58.3 Å². The number of anilines is 2. The van der Waals surface area contributed by atoms with Crippen LogP contribution < -0.4 is 10.6 Å². The molecule has 0 atom stereocenters. The van der Waals surface area contributed by atoms with Gasteiger partial charge >= 0.3 is 24.2 Å². The predicted octanol–water partition coefficient (Wildman–Crippen LogP) is 3.52. The molecule has 0 heterocycles. The van der Waals surface area contributed by atoms with Gasteiger partial charge in [-0.2, -0.15) is 26.3 Å². The molecular weight excluding hydrogens is 430 g/mol. The van der Waals surface area contributed by atoms with E-state index in [4.69, 9.17) is 0 Å². The van der Waals surface area contributed by atoms with Gasteiger partial charge in [0.2, 0.25) is 9.84 Å². The predicted molar refractivity (Wildman–Crippen MR) is 87.7 cm³/mol. The summed E-state index contributed by atoms with van der Waals surface area (Å²) < 4.78 is 98.2. The zero-order valence-electron chi connectivity index (χ0n) is 13.9. The van der Waals surface area contributed by atoms with Crippen molar-refractivity contribution in [2.45, 2.75) is 22.1 Å². The van der Waals surface area contributed by atoms with Crippen LogP contribution in [0.3, 0.4) is 0 Å². The third-order valence-corrected chi connectivity index (χ3v) is 5.15. The van der Waals surface area contributed by atoms with Crippen molar-refractivity contribution in [3.63, 3.8) is 0 Å². The van der Waals surface area contributed by atoms with Crippen molar-refractivity contribution < 1.29 is 44.3 Å². The van der Waals surface area contributed by atoms with Crippen LogP contribution in [-0.4, -0.2) is 32.6 Å². The average Bonchev–Trinajstić information content (AvgIpc) is 2.61. The molecule has 0 fully saturated rings. The van der Waals surface area contributed by atoms with Crippen molar-refractivity contribution in [1.29, 1.82) is 0 Å². The number of amides is 2. The van der Waals surface area contributed by atoms with Crippen molar-refractivity contribution in [1.82, 2.24) is 0 Å². The minimum atomic E-state index is -5.12. The first-order valence-electron chi connectivity index (χ1n) is 7.43. The molecule has 2 rings (SSSR count). The van der Waals surface area contributed by atoms with E-state index in [0.29, 0.717) is 0 Å². The average molecular weight is 440 g/mol. The van der Waals surface area contributed by atoms with Gasteiger partial charge < -0.3 is 10.6 Å². The molecular formula is C16H10F6N2O4S. The molecule has 0 aliphatic carbocycles. The molecule has 0 aromatic heterocycles. The molecule has 29 heavy (non-hydrogen) atoms. The quantitative estimate of drug-likeness (QED) is 0.712. The number of sulfone groups is 1. The molecule has 2 amide bonds. The number of rotatable bonds is 4. The van der Waals surface area contributed by atoms with Gasteiger partial charge in [-0.3, -0.25) is 9.59 Å². The Kier molecular flexibility index (Phi) is 5.92. The molecule has 2 aromatic rings. The van der Waals surface area contributed by atoms with Gasteiger partial charge in [-0.1, -0.05) is 0 Å². The highest BCUT2D eigenvalue weighted by atomic mass is 32.2. The van der Waals surface area contributed by atoms with Crippen LogP contribution in [0.1, 0.15) is 0 Å². The van der Waals surface area contributed by atoms with E-state index in [2.05, 4.69) is 0 Å². The first-order chi connectivity index (χ1) is 13.2. The van der Waals surface area contributed by atoms with Gasteiger partial charge in [0.25, 0.3) is 0 Å². The highest BCUT2D eigenvalue weighted by molar-refractivity contribution is 7.91. The summed E-state index contributed by atoms with van der Waals surface area (Å²) in [5, 5.41) is 3.09. The van der Waals surface area contributed by atoms with E-state index >= 15 is 0 Å². The fourth-order valence-electron chi connectivity index (χ4n) is 1.97. The van der Waals surface area contributed by atoms with Crippen molar-refractivity contribution in [2.75, 3.05) is 10.6 Å². The van der Waals surface area contributed by atoms with Gasteiger partial charge in [0.05, 0.1) is 9.79 Å². The fourth-order valence-corrected chi connectivity index (χ4v) is 3.24. The van der Waals surface area contributed by atoms with Crippen molar-refractivity contribution in [3.05, 3.63) is 48.5 Å². The maximum atomic E-state index is 12.5. The van der Waals surface area contributed by atoms with Gasteiger partial charge in [-0.05, 0) is 48.5 Å². The maximum Gasteiger partial charge on any atom is 0.471 e. The van der Waals surface area contributed by atoms with Crippen molar-refractivity contribution in [2.24, 2.45) is 0 Å². The Morgan fingerprint density at radius 2 is 0.897 bits per heavy atom. The molecule has 2 aromatic carbocycles. The highest BCUT2D eigenvalue weighted by Gasteiger charge is 2.39. The summed E-state index contributed by atoms with van der Waals surface area (Å²) in [6, 6.07) is 7.54. The lowest BCUT2D eigenvalue weighted by Crippen LogP contribution is -2.29. The Hall–Kier alpha value is -3.09. The smallest absolute Gasteiger partial charge is 0.318 e. The van der Waals surface area contributed by atoms with Gasteiger partial charge in [0.1, 0.15) is 0 Å². The number of hydrogen-bond donors (Lipinski definition) is 2. The van der Waals surface area contributed by atoms with Crippen LogP contribution in [0, 0.1) is 0 Å². The van der Waals surface area contributed by atoms with Crippen LogP contribution >= 0.6 is 0 Å². The van der Waals surface area contributed by atoms with Gasteiger partial charge in [-0.25, -0.2) is 8.42 Å². The SMILES string of the molecule is O=C(Nc1ccc(S(=O)(=O)c2ccc(NC(=O)C(F)(F)F)cc2)cc1)C(F)(F)F. The van der Waals surface area contributed by atoms with E-state index < -0.39 is 34.0 Å². The van der Waals surface area contributed by atoms with Crippen LogP contribution in [0.25, 0.3) is 0 Å². The number of hydrogen-bond acceptors (Lipinski definition) is 4. The Morgan fingerprint density at radius 3 is 1.14 bits per heavy atom. The molecule has 0 unspecified atom stereocenters. The van der Waals surface area contributed by atoms with Crippen LogP contribution in [0.5, 0.6) is 0 Å². The minimum Gasteiger partial charge on any atom is -0.318 e. The fraction of sp³-hybridized carbons (Fsp3) is 0.125. The largest absolute Gasteiger partial charge is 0.471 e. The highest BCUT2D eigenvalue weighted by Crippen LogP contribution is 2.25. The molecule has 6 nitrogen and oxygen atoms in total. The minimum absolute atomic E-state index is 0.295. The normalized spacial score (nSPS) is 12.3. The van der Waals surface area contributed by atoms with E-state index in [1.54, 1.807) is 10.6 Å². The topological polar surface area (TPSA) is 92.3 Å². The third-order valence-electron chi connectivity index (χ3n) is 3.36. The van der Waals surface area contributed by atoms with Crippen molar-refractivity contribution in [3.8, 4) is 0 Å². The van der Waals surface area contributed by atoms with Gasteiger partial charge in [0.15, 0.2) is 0 Å². The first-order valence-corrected chi connectivity index (χ1v) is 8.91. The van der Waals surface area contributed by atoms with Crippen LogP contribution in [0.2, 0.25) is 0 Å². The molecule has 0 radical (unpaired) electrons. The zero-order chi connectivity index (χ0) is 22.0. The standard InChI is InChI=1S/C16H10F6N2O4S/c17-15(18,19)13(25)23-9-1-5-11(6-2-9)29(27,28)12-7-3-10(4-8-12)24-14(26)16(20,21)22/h1-8H,(H,23,25)(H,24,26). The third kappa shape index (κ3) is 5.47. The molecule has 0 bridgehead atoms. The summed E-state index contributed by atoms with van der Waals surface area (Å²) in [5.41, 5.74) is -0.590. The molecule has 0 saturated heterocycles. The monoisotopic (exact) mass is 440 g/mol. The van der Waals surface area contributed by atoms with E-state index in [9.17, 15) is 44.3 Å². The van der Waals surface area contributed by atoms with Crippen LogP contribution in [0.4, 0.5) is 37.7 Å². The zero-order valence-corrected chi connectivity index (χ0v) is 14.7. The molecule has 13 heteroatoms. The molecule has 0 aliphatic rings. The maximum absolute atomic E-state index is 12.5. The first kappa shape index (κ1) is 22.2. The van der Waals surface area contributed by atoms with E-state index in [1.807, 2.05) is 0 Å². The number of carbonyl (C=O) groups excluding carboxylic acids is 2. The summed E-state index contributed by atoms with van der Waals surface area (Å²) in [6.07, 6.45) is -10.2. The second-order valence-corrected chi connectivity index (χ2v) is 7.41. The number of halogens is 6. The molecule has 0 aliphatic heterocycles. The van der Waals surface area contributed by atoms with Crippen LogP contribution in [-0.2, 0) is 19.4 Å².